The fraction of sp³-hybridized carbons (Fsp3) is 0.529. The zero-order valence-electron chi connectivity index (χ0n) is 13.9. The van der Waals surface area contributed by atoms with E-state index in [0.717, 1.165) is 24.9 Å². The summed E-state index contributed by atoms with van der Waals surface area (Å²) >= 11 is 0. The standard InChI is InChI=1S/C17H21N3O5/c21-15(20-8-1-2-12(10-20)3-6-16(22)23)5-4-14-18-17(19-25-14)13-7-9-24-11-13/h7,9,11-12H,1-6,8,10H2,(H,22,23)/t12-/m1/s1. The fourth-order valence-electron chi connectivity index (χ4n) is 3.09. The molecule has 1 aliphatic heterocycles. The van der Waals surface area contributed by atoms with Crippen molar-refractivity contribution in [2.24, 2.45) is 5.92 Å². The van der Waals surface area contributed by atoms with Crippen molar-refractivity contribution in [3.05, 3.63) is 24.5 Å². The van der Waals surface area contributed by atoms with E-state index in [9.17, 15) is 9.59 Å². The fourth-order valence-corrected chi connectivity index (χ4v) is 3.09. The Morgan fingerprint density at radius 3 is 3.00 bits per heavy atom. The highest BCUT2D eigenvalue weighted by Gasteiger charge is 2.24. The minimum atomic E-state index is -0.784. The number of hydrogen-bond acceptors (Lipinski definition) is 6. The average Bonchev–Trinajstić information content (AvgIpc) is 3.29. The summed E-state index contributed by atoms with van der Waals surface area (Å²) < 4.78 is 10.2. The van der Waals surface area contributed by atoms with Gasteiger partial charge in [-0.1, -0.05) is 5.16 Å². The highest BCUT2D eigenvalue weighted by molar-refractivity contribution is 5.76. The molecule has 0 saturated carbocycles. The largest absolute Gasteiger partial charge is 0.481 e. The third-order valence-electron chi connectivity index (χ3n) is 4.44. The van der Waals surface area contributed by atoms with E-state index in [2.05, 4.69) is 10.1 Å². The van der Waals surface area contributed by atoms with Crippen LogP contribution in [0.25, 0.3) is 11.4 Å². The maximum Gasteiger partial charge on any atom is 0.303 e. The summed E-state index contributed by atoms with van der Waals surface area (Å²) in [6, 6.07) is 1.74. The Morgan fingerprint density at radius 1 is 1.36 bits per heavy atom. The number of carboxylic acid groups (broad SMARTS) is 1. The number of rotatable bonds is 7. The molecule has 0 unspecified atom stereocenters. The number of aromatic nitrogens is 2. The molecule has 1 aliphatic rings. The van der Waals surface area contributed by atoms with Gasteiger partial charge in [0.05, 0.1) is 11.8 Å². The van der Waals surface area contributed by atoms with Crippen LogP contribution in [0.2, 0.25) is 0 Å². The number of aryl methyl sites for hydroxylation is 1. The molecule has 3 heterocycles. The molecule has 0 bridgehead atoms. The van der Waals surface area contributed by atoms with Gasteiger partial charge in [0.1, 0.15) is 6.26 Å². The Balaban J connectivity index is 1.48. The van der Waals surface area contributed by atoms with Gasteiger partial charge in [0.25, 0.3) is 0 Å². The molecule has 8 nitrogen and oxygen atoms in total. The van der Waals surface area contributed by atoms with Crippen LogP contribution in [-0.2, 0) is 16.0 Å². The lowest BCUT2D eigenvalue weighted by molar-refractivity contribution is -0.137. The number of nitrogens with zero attached hydrogens (tertiary/aromatic N) is 3. The topological polar surface area (TPSA) is 110 Å². The molecule has 1 atom stereocenters. The van der Waals surface area contributed by atoms with E-state index >= 15 is 0 Å². The first-order chi connectivity index (χ1) is 12.1. The van der Waals surface area contributed by atoms with Crippen LogP contribution in [0.1, 0.15) is 38.0 Å². The third-order valence-corrected chi connectivity index (χ3v) is 4.44. The van der Waals surface area contributed by atoms with Crippen LogP contribution in [0.4, 0.5) is 0 Å². The quantitative estimate of drug-likeness (QED) is 0.818. The lowest BCUT2D eigenvalue weighted by Crippen LogP contribution is -2.40. The van der Waals surface area contributed by atoms with Gasteiger partial charge in [-0.15, -0.1) is 0 Å². The summed E-state index contributed by atoms with van der Waals surface area (Å²) in [6.45, 7) is 1.36. The number of furan rings is 1. The van der Waals surface area contributed by atoms with Crippen LogP contribution in [0, 0.1) is 5.92 Å². The number of likely N-dealkylation sites (tertiary alicyclic amines) is 1. The number of piperidine rings is 1. The van der Waals surface area contributed by atoms with Gasteiger partial charge in [-0.25, -0.2) is 0 Å². The summed E-state index contributed by atoms with van der Waals surface area (Å²) in [5.74, 6) is 0.396. The first-order valence-corrected chi connectivity index (χ1v) is 8.46. The van der Waals surface area contributed by atoms with Crippen molar-refractivity contribution in [1.82, 2.24) is 15.0 Å². The summed E-state index contributed by atoms with van der Waals surface area (Å²) in [7, 11) is 0. The zero-order chi connectivity index (χ0) is 17.6. The highest BCUT2D eigenvalue weighted by Crippen LogP contribution is 2.22. The molecule has 1 amide bonds. The molecule has 1 saturated heterocycles. The van der Waals surface area contributed by atoms with Crippen LogP contribution >= 0.6 is 0 Å². The average molecular weight is 347 g/mol. The molecule has 0 spiro atoms. The number of carbonyl (C=O) groups is 2. The lowest BCUT2D eigenvalue weighted by Gasteiger charge is -2.32. The first kappa shape index (κ1) is 17.2. The van der Waals surface area contributed by atoms with E-state index in [4.69, 9.17) is 14.0 Å². The van der Waals surface area contributed by atoms with Crippen molar-refractivity contribution in [3.8, 4) is 11.4 Å². The van der Waals surface area contributed by atoms with Crippen LogP contribution in [0.3, 0.4) is 0 Å². The highest BCUT2D eigenvalue weighted by atomic mass is 16.5. The van der Waals surface area contributed by atoms with Crippen molar-refractivity contribution in [3.63, 3.8) is 0 Å². The molecule has 2 aromatic heterocycles. The second kappa shape index (κ2) is 7.96. The molecule has 1 N–H and O–H groups in total. The Morgan fingerprint density at radius 2 is 2.24 bits per heavy atom. The van der Waals surface area contributed by atoms with E-state index < -0.39 is 5.97 Å². The lowest BCUT2D eigenvalue weighted by atomic mass is 9.93. The van der Waals surface area contributed by atoms with Crippen LogP contribution in [0.15, 0.2) is 27.5 Å². The third kappa shape index (κ3) is 4.68. The van der Waals surface area contributed by atoms with Gasteiger partial charge >= 0.3 is 5.97 Å². The molecule has 0 radical (unpaired) electrons. The molecule has 2 aromatic rings. The summed E-state index contributed by atoms with van der Waals surface area (Å²) in [4.78, 5) is 29.2. The SMILES string of the molecule is O=C(O)CC[C@H]1CCCN(C(=O)CCc2nc(-c3ccoc3)no2)C1. The first-order valence-electron chi connectivity index (χ1n) is 8.46. The minimum Gasteiger partial charge on any atom is -0.481 e. The number of hydrogen-bond donors (Lipinski definition) is 1. The summed E-state index contributed by atoms with van der Waals surface area (Å²) in [5.41, 5.74) is 0.735. The van der Waals surface area contributed by atoms with Crippen LogP contribution in [-0.4, -0.2) is 45.1 Å². The minimum absolute atomic E-state index is 0.0445. The van der Waals surface area contributed by atoms with Gasteiger partial charge < -0.3 is 18.9 Å². The molecule has 0 aromatic carbocycles. The number of carboxylic acids is 1. The predicted molar refractivity (Wildman–Crippen MR) is 86.5 cm³/mol. The number of aliphatic carboxylic acids is 1. The monoisotopic (exact) mass is 347 g/mol. The normalized spacial score (nSPS) is 17.6. The van der Waals surface area contributed by atoms with Gasteiger partial charge in [0.2, 0.25) is 17.6 Å². The Labute approximate surface area is 144 Å². The molecule has 1 fully saturated rings. The molecule has 0 aliphatic carbocycles. The Bertz CT molecular complexity index is 710. The molecule has 25 heavy (non-hydrogen) atoms. The van der Waals surface area contributed by atoms with E-state index in [1.807, 2.05) is 4.90 Å². The smallest absolute Gasteiger partial charge is 0.303 e. The molecule has 3 rings (SSSR count). The van der Waals surface area contributed by atoms with Gasteiger partial charge in [0, 0.05) is 32.4 Å². The van der Waals surface area contributed by atoms with Gasteiger partial charge in [-0.05, 0) is 31.2 Å². The van der Waals surface area contributed by atoms with Crippen molar-refractivity contribution < 1.29 is 23.6 Å². The van der Waals surface area contributed by atoms with Crippen molar-refractivity contribution >= 4 is 11.9 Å². The van der Waals surface area contributed by atoms with Crippen molar-refractivity contribution in [1.29, 1.82) is 0 Å². The summed E-state index contributed by atoms with van der Waals surface area (Å²) in [5, 5.41) is 12.7. The van der Waals surface area contributed by atoms with E-state index in [-0.39, 0.29) is 18.2 Å². The van der Waals surface area contributed by atoms with Crippen LogP contribution < -0.4 is 0 Å². The van der Waals surface area contributed by atoms with Gasteiger partial charge in [-0.2, -0.15) is 4.98 Å². The zero-order valence-corrected chi connectivity index (χ0v) is 13.9. The predicted octanol–water partition coefficient (Wildman–Crippen LogP) is 2.37. The molecule has 8 heteroatoms. The van der Waals surface area contributed by atoms with Crippen molar-refractivity contribution in [2.45, 2.75) is 38.5 Å². The molecular weight excluding hydrogens is 326 g/mol. The van der Waals surface area contributed by atoms with Gasteiger partial charge in [-0.3, -0.25) is 9.59 Å². The second-order valence-corrected chi connectivity index (χ2v) is 6.30. The van der Waals surface area contributed by atoms with Gasteiger partial charge in [0.15, 0.2) is 0 Å². The summed E-state index contributed by atoms with van der Waals surface area (Å²) in [6.07, 6.45) is 6.44. The molecular formula is C17H21N3O5. The molecule has 134 valence electrons. The maximum absolute atomic E-state index is 12.4. The van der Waals surface area contributed by atoms with E-state index in [1.165, 1.54) is 12.5 Å². The van der Waals surface area contributed by atoms with E-state index in [0.29, 0.717) is 37.5 Å². The number of amides is 1. The maximum atomic E-state index is 12.4. The Hall–Kier alpha value is -2.64. The van der Waals surface area contributed by atoms with E-state index in [1.54, 1.807) is 6.07 Å². The number of carbonyl (C=O) groups excluding carboxylic acids is 1. The second-order valence-electron chi connectivity index (χ2n) is 6.30. The Kier molecular flexibility index (Phi) is 5.47. The van der Waals surface area contributed by atoms with Crippen molar-refractivity contribution in [2.75, 3.05) is 13.1 Å². The van der Waals surface area contributed by atoms with Crippen LogP contribution in [0.5, 0.6) is 0 Å².